The van der Waals surface area contributed by atoms with Gasteiger partial charge in [-0.25, -0.2) is 13.2 Å². The van der Waals surface area contributed by atoms with Gasteiger partial charge in [0.25, 0.3) is 0 Å². The Morgan fingerprint density at radius 2 is 1.95 bits per heavy atom. The molecule has 2 atom stereocenters. The quantitative estimate of drug-likeness (QED) is 0.816. The molecule has 0 aromatic heterocycles. The number of carbonyl (C=O) groups excluding carboxylic acids is 1. The molecule has 2 fully saturated rings. The number of carbonyl (C=O) groups is 1. The molecule has 0 aromatic carbocycles. The number of amides is 2. The van der Waals surface area contributed by atoms with Gasteiger partial charge in [0, 0.05) is 18.8 Å². The van der Waals surface area contributed by atoms with Crippen molar-refractivity contribution in [1.82, 2.24) is 10.6 Å². The van der Waals surface area contributed by atoms with Gasteiger partial charge in [-0.2, -0.15) is 0 Å². The van der Waals surface area contributed by atoms with Crippen LogP contribution in [0.4, 0.5) is 4.79 Å². The summed E-state index contributed by atoms with van der Waals surface area (Å²) in [5, 5.41) is 5.63. The first kappa shape index (κ1) is 16.6. The minimum absolute atomic E-state index is 0.0163. The van der Waals surface area contributed by atoms with Crippen LogP contribution in [0.15, 0.2) is 0 Å². The van der Waals surface area contributed by atoms with Crippen molar-refractivity contribution in [3.05, 3.63) is 0 Å². The first-order valence-electron chi connectivity index (χ1n) is 8.08. The molecule has 2 unspecified atom stereocenters. The van der Waals surface area contributed by atoms with Crippen molar-refractivity contribution in [3.8, 4) is 0 Å². The molecule has 0 heterocycles. The molecular formula is C15H28N2O3S. The molecule has 21 heavy (non-hydrogen) atoms. The number of sulfone groups is 1. The summed E-state index contributed by atoms with van der Waals surface area (Å²) in [5.74, 6) is 0. The number of urea groups is 1. The molecule has 0 bridgehead atoms. The topological polar surface area (TPSA) is 75.3 Å². The zero-order valence-electron chi connectivity index (χ0n) is 13.2. The van der Waals surface area contributed by atoms with Gasteiger partial charge >= 0.3 is 6.03 Å². The maximum absolute atomic E-state index is 12.0. The summed E-state index contributed by atoms with van der Waals surface area (Å²) in [6.07, 6.45) is 9.06. The molecule has 6 heteroatoms. The van der Waals surface area contributed by atoms with Gasteiger partial charge < -0.3 is 10.6 Å². The Labute approximate surface area is 128 Å². The van der Waals surface area contributed by atoms with Gasteiger partial charge in [0.05, 0.1) is 5.25 Å². The number of rotatable bonds is 5. The summed E-state index contributed by atoms with van der Waals surface area (Å²) in [5.41, 5.74) is 0.305. The van der Waals surface area contributed by atoms with Crippen LogP contribution in [0.25, 0.3) is 0 Å². The third-order valence-corrected chi connectivity index (χ3v) is 6.99. The Kier molecular flexibility index (Phi) is 5.17. The van der Waals surface area contributed by atoms with Crippen LogP contribution < -0.4 is 10.6 Å². The first-order valence-corrected chi connectivity index (χ1v) is 10.0. The molecule has 0 spiro atoms. The molecular weight excluding hydrogens is 288 g/mol. The SMILES string of the molecule is CCC1(CNC(=O)NC2CCCC(S(C)(=O)=O)C2)CCC1. The fourth-order valence-corrected chi connectivity index (χ4v) is 4.68. The smallest absolute Gasteiger partial charge is 0.315 e. The minimum Gasteiger partial charge on any atom is -0.338 e. The highest BCUT2D eigenvalue weighted by Gasteiger charge is 2.35. The highest BCUT2D eigenvalue weighted by Crippen LogP contribution is 2.43. The van der Waals surface area contributed by atoms with Gasteiger partial charge in [0.1, 0.15) is 9.84 Å². The van der Waals surface area contributed by atoms with Crippen molar-refractivity contribution in [1.29, 1.82) is 0 Å². The Hall–Kier alpha value is -0.780. The largest absolute Gasteiger partial charge is 0.338 e. The zero-order valence-corrected chi connectivity index (χ0v) is 14.0. The predicted octanol–water partition coefficient (Wildman–Crippen LogP) is 2.22. The van der Waals surface area contributed by atoms with Gasteiger partial charge in [-0.1, -0.05) is 19.8 Å². The summed E-state index contributed by atoms with van der Waals surface area (Å²) in [6.45, 7) is 2.91. The minimum atomic E-state index is -3.00. The fourth-order valence-electron chi connectivity index (χ4n) is 3.50. The van der Waals surface area contributed by atoms with Crippen molar-refractivity contribution in [2.75, 3.05) is 12.8 Å². The highest BCUT2D eigenvalue weighted by atomic mass is 32.2. The maximum atomic E-state index is 12.0. The second kappa shape index (κ2) is 6.55. The summed E-state index contributed by atoms with van der Waals surface area (Å²) in [6, 6.07) is -0.161. The lowest BCUT2D eigenvalue weighted by Crippen LogP contribution is -2.49. The molecule has 2 aliphatic rings. The molecule has 2 N–H and O–H groups in total. The number of hydrogen-bond donors (Lipinski definition) is 2. The zero-order chi connectivity index (χ0) is 15.5. The third kappa shape index (κ3) is 4.34. The highest BCUT2D eigenvalue weighted by molar-refractivity contribution is 7.91. The van der Waals surface area contributed by atoms with Crippen molar-refractivity contribution < 1.29 is 13.2 Å². The van der Waals surface area contributed by atoms with E-state index >= 15 is 0 Å². The van der Waals surface area contributed by atoms with E-state index in [-0.39, 0.29) is 17.3 Å². The molecule has 2 amide bonds. The van der Waals surface area contributed by atoms with E-state index in [9.17, 15) is 13.2 Å². The van der Waals surface area contributed by atoms with Crippen molar-refractivity contribution in [3.63, 3.8) is 0 Å². The van der Waals surface area contributed by atoms with Crippen LogP contribution in [0.1, 0.15) is 58.3 Å². The van der Waals surface area contributed by atoms with Crippen LogP contribution >= 0.6 is 0 Å². The van der Waals surface area contributed by atoms with Crippen molar-refractivity contribution in [2.45, 2.75) is 69.6 Å². The van der Waals surface area contributed by atoms with E-state index in [0.29, 0.717) is 11.8 Å². The van der Waals surface area contributed by atoms with Crippen molar-refractivity contribution >= 4 is 15.9 Å². The monoisotopic (exact) mass is 316 g/mol. The Balaban J connectivity index is 1.77. The molecule has 0 saturated heterocycles. The summed E-state index contributed by atoms with van der Waals surface area (Å²) < 4.78 is 23.3. The maximum Gasteiger partial charge on any atom is 0.315 e. The molecule has 5 nitrogen and oxygen atoms in total. The van der Waals surface area contributed by atoms with E-state index in [0.717, 1.165) is 32.2 Å². The number of nitrogens with one attached hydrogen (secondary N) is 2. The second-order valence-corrected chi connectivity index (χ2v) is 9.17. The van der Waals surface area contributed by atoms with E-state index in [1.165, 1.54) is 25.5 Å². The molecule has 2 aliphatic carbocycles. The lowest BCUT2D eigenvalue weighted by Gasteiger charge is -2.41. The van der Waals surface area contributed by atoms with Crippen molar-refractivity contribution in [2.24, 2.45) is 5.41 Å². The Morgan fingerprint density at radius 1 is 1.24 bits per heavy atom. The van der Waals surface area contributed by atoms with E-state index < -0.39 is 9.84 Å². The standard InChI is InChI=1S/C15H28N2O3S/c1-3-15(8-5-9-15)11-16-14(18)17-12-6-4-7-13(10-12)21(2,19)20/h12-13H,3-11H2,1-2H3,(H2,16,17,18). The molecule has 2 saturated carbocycles. The Morgan fingerprint density at radius 3 is 2.48 bits per heavy atom. The summed E-state index contributed by atoms with van der Waals surface area (Å²) in [4.78, 5) is 12.0. The van der Waals surface area contributed by atoms with E-state index in [4.69, 9.17) is 0 Å². The summed E-state index contributed by atoms with van der Waals surface area (Å²) >= 11 is 0. The molecule has 0 aromatic rings. The van der Waals surface area contributed by atoms with Gasteiger partial charge in [-0.15, -0.1) is 0 Å². The van der Waals surface area contributed by atoms with Gasteiger partial charge in [0.15, 0.2) is 0 Å². The second-order valence-electron chi connectivity index (χ2n) is 6.85. The van der Waals surface area contributed by atoms with Crippen LogP contribution in [0, 0.1) is 5.41 Å². The lowest BCUT2D eigenvalue weighted by molar-refractivity contribution is 0.125. The fraction of sp³-hybridized carbons (Fsp3) is 0.933. The molecule has 0 aliphatic heterocycles. The van der Waals surface area contributed by atoms with Crippen LogP contribution in [-0.2, 0) is 9.84 Å². The van der Waals surface area contributed by atoms with E-state index in [2.05, 4.69) is 17.6 Å². The van der Waals surface area contributed by atoms with Gasteiger partial charge in [0.2, 0.25) is 0 Å². The van der Waals surface area contributed by atoms with Gasteiger partial charge in [-0.05, 0) is 43.9 Å². The molecule has 0 radical (unpaired) electrons. The van der Waals surface area contributed by atoms with Crippen LogP contribution in [0.2, 0.25) is 0 Å². The Bertz CT molecular complexity index is 466. The molecule has 2 rings (SSSR count). The van der Waals surface area contributed by atoms with Crippen LogP contribution in [0.5, 0.6) is 0 Å². The first-order chi connectivity index (χ1) is 9.85. The van der Waals surface area contributed by atoms with Gasteiger partial charge in [-0.3, -0.25) is 0 Å². The summed E-state index contributed by atoms with van der Waals surface area (Å²) in [7, 11) is -3.00. The van der Waals surface area contributed by atoms with E-state index in [1.54, 1.807) is 0 Å². The average molecular weight is 316 g/mol. The third-order valence-electron chi connectivity index (χ3n) is 5.35. The average Bonchev–Trinajstić information content (AvgIpc) is 2.37. The van der Waals surface area contributed by atoms with E-state index in [1.807, 2.05) is 0 Å². The van der Waals surface area contributed by atoms with Crippen LogP contribution in [-0.4, -0.2) is 38.5 Å². The van der Waals surface area contributed by atoms with Crippen LogP contribution in [0.3, 0.4) is 0 Å². The predicted molar refractivity (Wildman–Crippen MR) is 84.0 cm³/mol. The number of hydrogen-bond acceptors (Lipinski definition) is 3. The normalized spacial score (nSPS) is 28.5. The lowest BCUT2D eigenvalue weighted by atomic mass is 9.67. The molecule has 122 valence electrons.